The minimum absolute atomic E-state index is 0.0486. The molecule has 2 N–H and O–H groups in total. The van der Waals surface area contributed by atoms with Crippen molar-refractivity contribution in [3.05, 3.63) is 36.4 Å². The Morgan fingerprint density at radius 1 is 1.12 bits per heavy atom. The van der Waals surface area contributed by atoms with Gasteiger partial charge in [-0.1, -0.05) is 24.3 Å². The zero-order valence-corrected chi connectivity index (χ0v) is 13.5. The molecule has 8 heteroatoms. The van der Waals surface area contributed by atoms with Gasteiger partial charge in [0.05, 0.1) is 10.6 Å². The lowest BCUT2D eigenvalue weighted by Gasteiger charge is -2.18. The SMILES string of the molecule is O=C(O)CCCNC(=O)CN1c2cccc3cccc(c23)S1(=O)=O. The number of aliphatic carboxylic acids is 1. The number of sulfonamides is 1. The number of carbonyl (C=O) groups excluding carboxylic acids is 1. The van der Waals surface area contributed by atoms with Gasteiger partial charge < -0.3 is 10.4 Å². The molecule has 0 saturated carbocycles. The molecule has 1 aliphatic heterocycles. The highest BCUT2D eigenvalue weighted by atomic mass is 32.2. The molecule has 126 valence electrons. The zero-order chi connectivity index (χ0) is 17.3. The van der Waals surface area contributed by atoms with Crippen LogP contribution in [0.2, 0.25) is 0 Å². The van der Waals surface area contributed by atoms with Crippen LogP contribution in [-0.2, 0) is 19.6 Å². The van der Waals surface area contributed by atoms with Crippen LogP contribution in [0.5, 0.6) is 0 Å². The van der Waals surface area contributed by atoms with E-state index in [4.69, 9.17) is 5.11 Å². The van der Waals surface area contributed by atoms with E-state index in [1.54, 1.807) is 18.2 Å². The average molecular weight is 348 g/mol. The highest BCUT2D eigenvalue weighted by Gasteiger charge is 2.36. The molecule has 0 aromatic heterocycles. The van der Waals surface area contributed by atoms with Crippen molar-refractivity contribution < 1.29 is 23.1 Å². The summed E-state index contributed by atoms with van der Waals surface area (Å²) in [5.41, 5.74) is 0.490. The Kier molecular flexibility index (Phi) is 4.15. The van der Waals surface area contributed by atoms with Gasteiger partial charge >= 0.3 is 5.97 Å². The number of carboxylic acid groups (broad SMARTS) is 1. The minimum Gasteiger partial charge on any atom is -0.481 e. The van der Waals surface area contributed by atoms with Crippen LogP contribution in [0, 0.1) is 0 Å². The number of rotatable bonds is 6. The number of anilines is 1. The fraction of sp³-hybridized carbons (Fsp3) is 0.250. The highest BCUT2D eigenvalue weighted by Crippen LogP contribution is 2.41. The standard InChI is InChI=1S/C16H16N2O5S/c19-14(17-9-3-8-15(20)21)10-18-12-6-1-4-11-5-2-7-13(16(11)12)24(18,22)23/h1-2,4-7H,3,8-10H2,(H,17,19)(H,20,21). The van der Waals surface area contributed by atoms with E-state index >= 15 is 0 Å². The molecule has 0 fully saturated rings. The number of carboxylic acids is 1. The molecule has 0 bridgehead atoms. The van der Waals surface area contributed by atoms with E-state index in [2.05, 4.69) is 5.32 Å². The first-order valence-electron chi connectivity index (χ1n) is 7.44. The molecular formula is C16H16N2O5S. The summed E-state index contributed by atoms with van der Waals surface area (Å²) in [7, 11) is -3.76. The van der Waals surface area contributed by atoms with Crippen molar-refractivity contribution in [2.45, 2.75) is 17.7 Å². The molecule has 0 atom stereocenters. The molecule has 1 amide bonds. The Bertz CT molecular complexity index is 918. The molecule has 0 radical (unpaired) electrons. The lowest BCUT2D eigenvalue weighted by molar-refractivity contribution is -0.137. The van der Waals surface area contributed by atoms with Crippen LogP contribution < -0.4 is 9.62 Å². The molecular weight excluding hydrogens is 332 g/mol. The molecule has 2 aromatic rings. The van der Waals surface area contributed by atoms with Crippen molar-refractivity contribution in [3.8, 4) is 0 Å². The number of hydrogen-bond acceptors (Lipinski definition) is 4. The Labute approximate surface area is 138 Å². The van der Waals surface area contributed by atoms with Gasteiger partial charge in [-0.2, -0.15) is 0 Å². The molecule has 2 aromatic carbocycles. The Hall–Kier alpha value is -2.61. The second kappa shape index (κ2) is 6.12. The van der Waals surface area contributed by atoms with E-state index in [-0.39, 0.29) is 24.4 Å². The average Bonchev–Trinajstić information content (AvgIpc) is 2.75. The monoisotopic (exact) mass is 348 g/mol. The van der Waals surface area contributed by atoms with E-state index in [9.17, 15) is 18.0 Å². The third-order valence-electron chi connectivity index (χ3n) is 3.86. The summed E-state index contributed by atoms with van der Waals surface area (Å²) in [6.07, 6.45) is 0.247. The number of amides is 1. The maximum absolute atomic E-state index is 12.7. The Morgan fingerprint density at radius 3 is 2.54 bits per heavy atom. The van der Waals surface area contributed by atoms with Crippen LogP contribution in [-0.4, -0.2) is 38.5 Å². The van der Waals surface area contributed by atoms with Crippen molar-refractivity contribution in [2.75, 3.05) is 17.4 Å². The number of nitrogens with zero attached hydrogens (tertiary/aromatic N) is 1. The minimum atomic E-state index is -3.76. The molecule has 7 nitrogen and oxygen atoms in total. The molecule has 1 heterocycles. The van der Waals surface area contributed by atoms with Gasteiger partial charge in [0.1, 0.15) is 6.54 Å². The maximum atomic E-state index is 12.7. The predicted molar refractivity (Wildman–Crippen MR) is 88.4 cm³/mol. The van der Waals surface area contributed by atoms with Crippen molar-refractivity contribution in [1.82, 2.24) is 5.32 Å². The van der Waals surface area contributed by atoms with Crippen LogP contribution in [0.1, 0.15) is 12.8 Å². The quantitative estimate of drug-likeness (QED) is 0.767. The van der Waals surface area contributed by atoms with Crippen molar-refractivity contribution in [3.63, 3.8) is 0 Å². The van der Waals surface area contributed by atoms with Crippen LogP contribution in [0.4, 0.5) is 5.69 Å². The van der Waals surface area contributed by atoms with Gasteiger partial charge in [0.15, 0.2) is 0 Å². The molecule has 3 rings (SSSR count). The lowest BCUT2D eigenvalue weighted by Crippen LogP contribution is -2.39. The van der Waals surface area contributed by atoms with Gasteiger partial charge in [0.25, 0.3) is 10.0 Å². The Balaban J connectivity index is 1.79. The fourth-order valence-corrected chi connectivity index (χ4v) is 4.45. The summed E-state index contributed by atoms with van der Waals surface area (Å²) in [4.78, 5) is 22.7. The fourth-order valence-electron chi connectivity index (χ4n) is 2.78. The molecule has 0 saturated heterocycles. The molecule has 0 aliphatic carbocycles. The van der Waals surface area contributed by atoms with Gasteiger partial charge in [-0.3, -0.25) is 13.9 Å². The highest BCUT2D eigenvalue weighted by molar-refractivity contribution is 7.93. The second-order valence-electron chi connectivity index (χ2n) is 5.49. The largest absolute Gasteiger partial charge is 0.481 e. The topological polar surface area (TPSA) is 104 Å². The van der Waals surface area contributed by atoms with Gasteiger partial charge in [-0.05, 0) is 23.9 Å². The van der Waals surface area contributed by atoms with Gasteiger partial charge in [0, 0.05) is 18.4 Å². The summed E-state index contributed by atoms with van der Waals surface area (Å²) < 4.78 is 26.5. The summed E-state index contributed by atoms with van der Waals surface area (Å²) in [6, 6.07) is 10.3. The predicted octanol–water partition coefficient (Wildman–Crippen LogP) is 1.33. The molecule has 24 heavy (non-hydrogen) atoms. The summed E-state index contributed by atoms with van der Waals surface area (Å²) in [5, 5.41) is 12.5. The van der Waals surface area contributed by atoms with Crippen molar-refractivity contribution in [2.24, 2.45) is 0 Å². The third kappa shape index (κ3) is 2.80. The van der Waals surface area contributed by atoms with E-state index in [0.717, 1.165) is 9.69 Å². The third-order valence-corrected chi connectivity index (χ3v) is 5.66. The first-order chi connectivity index (χ1) is 11.4. The zero-order valence-electron chi connectivity index (χ0n) is 12.7. The van der Waals surface area contributed by atoms with E-state index in [0.29, 0.717) is 17.5 Å². The number of benzene rings is 2. The van der Waals surface area contributed by atoms with E-state index < -0.39 is 21.9 Å². The molecule has 1 aliphatic rings. The van der Waals surface area contributed by atoms with Crippen molar-refractivity contribution in [1.29, 1.82) is 0 Å². The maximum Gasteiger partial charge on any atom is 0.303 e. The number of nitrogens with one attached hydrogen (secondary N) is 1. The van der Waals surface area contributed by atoms with Gasteiger partial charge in [0.2, 0.25) is 5.91 Å². The van der Waals surface area contributed by atoms with Crippen LogP contribution in [0.3, 0.4) is 0 Å². The van der Waals surface area contributed by atoms with E-state index in [1.165, 1.54) is 6.07 Å². The Morgan fingerprint density at radius 2 is 1.83 bits per heavy atom. The summed E-state index contributed by atoms with van der Waals surface area (Å²) in [5.74, 6) is -1.40. The van der Waals surface area contributed by atoms with Crippen LogP contribution >= 0.6 is 0 Å². The lowest BCUT2D eigenvalue weighted by atomic mass is 10.1. The number of carbonyl (C=O) groups is 2. The first-order valence-corrected chi connectivity index (χ1v) is 8.88. The molecule has 0 unspecified atom stereocenters. The van der Waals surface area contributed by atoms with Crippen LogP contribution in [0.25, 0.3) is 10.8 Å². The first kappa shape index (κ1) is 16.3. The smallest absolute Gasteiger partial charge is 0.303 e. The van der Waals surface area contributed by atoms with E-state index in [1.807, 2.05) is 12.1 Å². The normalized spacial score (nSPS) is 14.8. The van der Waals surface area contributed by atoms with Crippen LogP contribution in [0.15, 0.2) is 41.3 Å². The molecule has 0 spiro atoms. The number of hydrogen-bond donors (Lipinski definition) is 2. The summed E-state index contributed by atoms with van der Waals surface area (Å²) >= 11 is 0. The van der Waals surface area contributed by atoms with Gasteiger partial charge in [-0.25, -0.2) is 8.42 Å². The second-order valence-corrected chi connectivity index (χ2v) is 7.32. The summed E-state index contributed by atoms with van der Waals surface area (Å²) in [6.45, 7) is -0.140. The van der Waals surface area contributed by atoms with Crippen molar-refractivity contribution >= 4 is 38.4 Å². The van der Waals surface area contributed by atoms with Gasteiger partial charge in [-0.15, -0.1) is 0 Å².